The van der Waals surface area contributed by atoms with Crippen molar-refractivity contribution in [2.24, 2.45) is 11.7 Å². The first-order chi connectivity index (χ1) is 8.60. The van der Waals surface area contributed by atoms with Gasteiger partial charge in [0.25, 0.3) is 0 Å². The van der Waals surface area contributed by atoms with Crippen LogP contribution in [0.3, 0.4) is 0 Å². The molecule has 0 bridgehead atoms. The minimum atomic E-state index is -0.103. The van der Waals surface area contributed by atoms with Crippen LogP contribution in [-0.2, 0) is 4.74 Å². The van der Waals surface area contributed by atoms with Gasteiger partial charge in [-0.25, -0.2) is 0 Å². The van der Waals surface area contributed by atoms with E-state index in [1.54, 1.807) is 7.11 Å². The summed E-state index contributed by atoms with van der Waals surface area (Å²) >= 11 is 0. The van der Waals surface area contributed by atoms with E-state index in [1.807, 2.05) is 24.3 Å². The third kappa shape index (κ3) is 4.00. The van der Waals surface area contributed by atoms with Crippen molar-refractivity contribution in [1.82, 2.24) is 0 Å². The third-order valence-electron chi connectivity index (χ3n) is 2.91. The number of para-hydroxylation sites is 1. The van der Waals surface area contributed by atoms with Gasteiger partial charge in [0.15, 0.2) is 0 Å². The van der Waals surface area contributed by atoms with Crippen molar-refractivity contribution in [2.75, 3.05) is 13.7 Å². The SMILES string of the molecule is CCC(N)C(OCC(C)C)c1ccccc1OC. The predicted molar refractivity (Wildman–Crippen MR) is 74.8 cm³/mol. The first-order valence-corrected chi connectivity index (χ1v) is 6.60. The molecule has 0 saturated carbocycles. The Morgan fingerprint density at radius 2 is 1.89 bits per heavy atom. The van der Waals surface area contributed by atoms with Crippen LogP contribution < -0.4 is 10.5 Å². The summed E-state index contributed by atoms with van der Waals surface area (Å²) in [5, 5.41) is 0. The molecule has 2 atom stereocenters. The zero-order valence-corrected chi connectivity index (χ0v) is 11.8. The Morgan fingerprint density at radius 1 is 1.22 bits per heavy atom. The van der Waals surface area contributed by atoms with Crippen LogP contribution in [-0.4, -0.2) is 19.8 Å². The molecule has 0 aliphatic rings. The van der Waals surface area contributed by atoms with Crippen LogP contribution in [0.4, 0.5) is 0 Å². The van der Waals surface area contributed by atoms with Crippen molar-refractivity contribution in [3.05, 3.63) is 29.8 Å². The van der Waals surface area contributed by atoms with Crippen molar-refractivity contribution < 1.29 is 9.47 Å². The monoisotopic (exact) mass is 251 g/mol. The maximum Gasteiger partial charge on any atom is 0.124 e. The van der Waals surface area contributed by atoms with Gasteiger partial charge >= 0.3 is 0 Å². The Morgan fingerprint density at radius 3 is 2.44 bits per heavy atom. The number of hydrogen-bond acceptors (Lipinski definition) is 3. The molecule has 0 aromatic heterocycles. The number of methoxy groups -OCH3 is 1. The van der Waals surface area contributed by atoms with E-state index in [9.17, 15) is 0 Å². The normalized spacial score (nSPS) is 14.6. The summed E-state index contributed by atoms with van der Waals surface area (Å²) in [6.45, 7) is 7.05. The van der Waals surface area contributed by atoms with Gasteiger partial charge in [0.1, 0.15) is 11.9 Å². The van der Waals surface area contributed by atoms with E-state index in [0.717, 1.165) is 17.7 Å². The molecule has 3 nitrogen and oxygen atoms in total. The average Bonchev–Trinajstić information content (AvgIpc) is 2.38. The molecule has 18 heavy (non-hydrogen) atoms. The largest absolute Gasteiger partial charge is 0.496 e. The van der Waals surface area contributed by atoms with Gasteiger partial charge in [-0.15, -0.1) is 0 Å². The maximum atomic E-state index is 6.18. The molecule has 102 valence electrons. The Hall–Kier alpha value is -1.06. The second kappa shape index (κ2) is 7.39. The second-order valence-electron chi connectivity index (χ2n) is 4.96. The molecule has 0 heterocycles. The topological polar surface area (TPSA) is 44.5 Å². The number of benzene rings is 1. The number of nitrogens with two attached hydrogens (primary N) is 1. The standard InChI is InChI=1S/C15H25NO2/c1-5-13(16)15(18-10-11(2)3)12-8-6-7-9-14(12)17-4/h6-9,11,13,15H,5,10,16H2,1-4H3. The summed E-state index contributed by atoms with van der Waals surface area (Å²) in [4.78, 5) is 0. The zero-order valence-electron chi connectivity index (χ0n) is 11.8. The molecule has 0 spiro atoms. The van der Waals surface area contributed by atoms with Crippen molar-refractivity contribution >= 4 is 0 Å². The third-order valence-corrected chi connectivity index (χ3v) is 2.91. The molecule has 0 radical (unpaired) electrons. The van der Waals surface area contributed by atoms with Crippen LogP contribution in [0.5, 0.6) is 5.75 Å². The van der Waals surface area contributed by atoms with Crippen molar-refractivity contribution in [3.8, 4) is 5.75 Å². The molecule has 0 aliphatic heterocycles. The first-order valence-electron chi connectivity index (χ1n) is 6.60. The summed E-state index contributed by atoms with van der Waals surface area (Å²) < 4.78 is 11.4. The predicted octanol–water partition coefficient (Wildman–Crippen LogP) is 3.15. The van der Waals surface area contributed by atoms with E-state index >= 15 is 0 Å². The molecule has 0 fully saturated rings. The molecule has 1 rings (SSSR count). The lowest BCUT2D eigenvalue weighted by Gasteiger charge is -2.26. The van der Waals surface area contributed by atoms with Crippen molar-refractivity contribution in [2.45, 2.75) is 39.3 Å². The maximum absolute atomic E-state index is 6.18. The number of ether oxygens (including phenoxy) is 2. The molecule has 2 unspecified atom stereocenters. The van der Waals surface area contributed by atoms with Gasteiger partial charge in [-0.2, -0.15) is 0 Å². The Kier molecular flexibility index (Phi) is 6.16. The molecule has 3 heteroatoms. The van der Waals surface area contributed by atoms with Crippen molar-refractivity contribution in [1.29, 1.82) is 0 Å². The Labute approximate surface area is 110 Å². The van der Waals surface area contributed by atoms with Crippen LogP contribution in [0, 0.1) is 5.92 Å². The summed E-state index contributed by atoms with van der Waals surface area (Å²) in [7, 11) is 1.68. The molecule has 2 N–H and O–H groups in total. The zero-order chi connectivity index (χ0) is 13.5. The van der Waals surface area contributed by atoms with E-state index < -0.39 is 0 Å². The Bertz CT molecular complexity index is 352. The lowest BCUT2D eigenvalue weighted by atomic mass is 9.99. The van der Waals surface area contributed by atoms with E-state index in [2.05, 4.69) is 20.8 Å². The molecule has 0 amide bonds. The second-order valence-corrected chi connectivity index (χ2v) is 4.96. The summed E-state index contributed by atoms with van der Waals surface area (Å²) in [5.74, 6) is 1.33. The van der Waals surface area contributed by atoms with Crippen LogP contribution in [0.2, 0.25) is 0 Å². The number of rotatable bonds is 7. The van der Waals surface area contributed by atoms with Gasteiger partial charge < -0.3 is 15.2 Å². The van der Waals surface area contributed by atoms with E-state index in [4.69, 9.17) is 15.2 Å². The lowest BCUT2D eigenvalue weighted by Crippen LogP contribution is -2.30. The van der Waals surface area contributed by atoms with E-state index in [1.165, 1.54) is 0 Å². The fourth-order valence-corrected chi connectivity index (χ4v) is 1.86. The van der Waals surface area contributed by atoms with Gasteiger partial charge in [-0.3, -0.25) is 0 Å². The minimum absolute atomic E-state index is 0.0138. The van der Waals surface area contributed by atoms with Gasteiger partial charge in [-0.1, -0.05) is 39.0 Å². The smallest absolute Gasteiger partial charge is 0.124 e. The van der Waals surface area contributed by atoms with Gasteiger partial charge in [0.2, 0.25) is 0 Å². The Balaban J connectivity index is 2.93. The highest BCUT2D eigenvalue weighted by Crippen LogP contribution is 2.30. The summed E-state index contributed by atoms with van der Waals surface area (Å²) in [6.07, 6.45) is 0.773. The summed E-state index contributed by atoms with van der Waals surface area (Å²) in [5.41, 5.74) is 7.22. The quantitative estimate of drug-likeness (QED) is 0.809. The number of hydrogen-bond donors (Lipinski definition) is 1. The molecule has 0 saturated heterocycles. The van der Waals surface area contributed by atoms with Crippen molar-refractivity contribution in [3.63, 3.8) is 0 Å². The summed E-state index contributed by atoms with van der Waals surface area (Å²) in [6, 6.07) is 7.91. The molecule has 1 aromatic carbocycles. The highest BCUT2D eigenvalue weighted by atomic mass is 16.5. The average molecular weight is 251 g/mol. The molecule has 1 aromatic rings. The first kappa shape index (κ1) is 15.0. The lowest BCUT2D eigenvalue weighted by molar-refractivity contribution is 0.0164. The van der Waals surface area contributed by atoms with Gasteiger partial charge in [-0.05, 0) is 18.4 Å². The highest BCUT2D eigenvalue weighted by molar-refractivity contribution is 5.35. The van der Waals surface area contributed by atoms with Crippen LogP contribution in [0.15, 0.2) is 24.3 Å². The fourth-order valence-electron chi connectivity index (χ4n) is 1.86. The molecular weight excluding hydrogens is 226 g/mol. The van der Waals surface area contributed by atoms with Crippen LogP contribution >= 0.6 is 0 Å². The van der Waals surface area contributed by atoms with E-state index in [0.29, 0.717) is 12.5 Å². The van der Waals surface area contributed by atoms with Gasteiger partial charge in [0, 0.05) is 18.2 Å². The van der Waals surface area contributed by atoms with Gasteiger partial charge in [0.05, 0.1) is 7.11 Å². The fraction of sp³-hybridized carbons (Fsp3) is 0.600. The minimum Gasteiger partial charge on any atom is -0.496 e. The molecular formula is C15H25NO2. The van der Waals surface area contributed by atoms with E-state index in [-0.39, 0.29) is 12.1 Å². The van der Waals surface area contributed by atoms with Crippen LogP contribution in [0.1, 0.15) is 38.9 Å². The van der Waals surface area contributed by atoms with Crippen LogP contribution in [0.25, 0.3) is 0 Å². The molecule has 0 aliphatic carbocycles. The highest BCUT2D eigenvalue weighted by Gasteiger charge is 2.22.